The SMILES string of the molecule is C=C1[C@H]2C[C@H](Cl)[C@H](C2)C1(C)C. The quantitative estimate of drug-likeness (QED) is 0.387. The molecular weight excluding hydrogens is 156 g/mol. The fraction of sp³-hybridized carbons (Fsp3) is 0.800. The average molecular weight is 171 g/mol. The first-order valence-corrected chi connectivity index (χ1v) is 4.80. The summed E-state index contributed by atoms with van der Waals surface area (Å²) in [7, 11) is 0. The Morgan fingerprint density at radius 1 is 1.45 bits per heavy atom. The van der Waals surface area contributed by atoms with Gasteiger partial charge in [0.2, 0.25) is 0 Å². The molecule has 2 rings (SSSR count). The normalized spacial score (nSPS) is 46.8. The molecule has 3 atom stereocenters. The molecule has 2 saturated carbocycles. The van der Waals surface area contributed by atoms with Crippen molar-refractivity contribution in [3.05, 3.63) is 12.2 Å². The molecule has 2 fully saturated rings. The summed E-state index contributed by atoms with van der Waals surface area (Å²) >= 11 is 6.22. The fourth-order valence-corrected chi connectivity index (χ4v) is 3.41. The molecule has 0 radical (unpaired) electrons. The van der Waals surface area contributed by atoms with Crippen LogP contribution in [0.3, 0.4) is 0 Å². The van der Waals surface area contributed by atoms with Crippen molar-refractivity contribution in [1.29, 1.82) is 0 Å². The summed E-state index contributed by atoms with van der Waals surface area (Å²) in [6, 6.07) is 0. The molecule has 11 heavy (non-hydrogen) atoms. The zero-order valence-corrected chi connectivity index (χ0v) is 7.99. The molecule has 2 bridgehead atoms. The summed E-state index contributed by atoms with van der Waals surface area (Å²) in [5.41, 5.74) is 1.76. The van der Waals surface area contributed by atoms with Gasteiger partial charge < -0.3 is 0 Å². The molecule has 0 unspecified atom stereocenters. The minimum atomic E-state index is 0.315. The first-order chi connectivity index (χ1) is 5.03. The second-order valence-electron chi connectivity index (χ2n) is 4.54. The van der Waals surface area contributed by atoms with Crippen molar-refractivity contribution in [2.75, 3.05) is 0 Å². The first kappa shape index (κ1) is 7.67. The molecule has 0 nitrogen and oxygen atoms in total. The molecule has 0 saturated heterocycles. The van der Waals surface area contributed by atoms with Crippen molar-refractivity contribution in [2.45, 2.75) is 32.1 Å². The Labute approximate surface area is 73.6 Å². The maximum atomic E-state index is 6.22. The number of rotatable bonds is 0. The lowest BCUT2D eigenvalue weighted by atomic mass is 9.73. The summed E-state index contributed by atoms with van der Waals surface area (Å²) in [5, 5.41) is 0.417. The van der Waals surface area contributed by atoms with Crippen LogP contribution >= 0.6 is 11.6 Å². The van der Waals surface area contributed by atoms with Crippen molar-refractivity contribution in [3.8, 4) is 0 Å². The van der Waals surface area contributed by atoms with Gasteiger partial charge in [0, 0.05) is 5.38 Å². The molecule has 0 aromatic heterocycles. The second-order valence-corrected chi connectivity index (χ2v) is 5.10. The van der Waals surface area contributed by atoms with Crippen LogP contribution in [0, 0.1) is 17.3 Å². The molecule has 0 aliphatic heterocycles. The standard InChI is InChI=1S/C10H15Cl/c1-6-7-4-8(9(11)5-7)10(6,2)3/h7-9H,1,4-5H2,2-3H3/t7-,8+,9+/m1/s1. The minimum Gasteiger partial charge on any atom is -0.123 e. The number of allylic oxidation sites excluding steroid dienone is 1. The Hall–Kier alpha value is 0.0300. The Kier molecular flexibility index (Phi) is 1.42. The van der Waals surface area contributed by atoms with Gasteiger partial charge in [-0.3, -0.25) is 0 Å². The van der Waals surface area contributed by atoms with Crippen LogP contribution in [-0.4, -0.2) is 5.38 Å². The van der Waals surface area contributed by atoms with E-state index in [1.807, 2.05) is 0 Å². The van der Waals surface area contributed by atoms with Gasteiger partial charge in [0.25, 0.3) is 0 Å². The van der Waals surface area contributed by atoms with E-state index in [-0.39, 0.29) is 0 Å². The van der Waals surface area contributed by atoms with E-state index in [9.17, 15) is 0 Å². The van der Waals surface area contributed by atoms with Crippen molar-refractivity contribution in [1.82, 2.24) is 0 Å². The van der Waals surface area contributed by atoms with Crippen LogP contribution < -0.4 is 0 Å². The van der Waals surface area contributed by atoms with E-state index in [1.165, 1.54) is 18.4 Å². The molecule has 2 aliphatic carbocycles. The lowest BCUT2D eigenvalue weighted by Crippen LogP contribution is -2.29. The first-order valence-electron chi connectivity index (χ1n) is 4.37. The summed E-state index contributed by atoms with van der Waals surface area (Å²) in [4.78, 5) is 0. The van der Waals surface area contributed by atoms with Gasteiger partial charge in [-0.25, -0.2) is 0 Å². The highest BCUT2D eigenvalue weighted by molar-refractivity contribution is 6.21. The molecule has 0 spiro atoms. The van der Waals surface area contributed by atoms with Crippen LogP contribution in [0.25, 0.3) is 0 Å². The van der Waals surface area contributed by atoms with Gasteiger partial charge in [0.15, 0.2) is 0 Å². The molecule has 2 aliphatic rings. The number of alkyl halides is 1. The summed E-state index contributed by atoms with van der Waals surface area (Å²) in [5.74, 6) is 1.43. The zero-order chi connectivity index (χ0) is 8.22. The summed E-state index contributed by atoms with van der Waals surface area (Å²) < 4.78 is 0. The highest BCUT2D eigenvalue weighted by atomic mass is 35.5. The van der Waals surface area contributed by atoms with E-state index in [0.717, 1.165) is 5.92 Å². The molecule has 0 aromatic carbocycles. The van der Waals surface area contributed by atoms with Crippen LogP contribution in [0.2, 0.25) is 0 Å². The van der Waals surface area contributed by atoms with Gasteiger partial charge in [-0.1, -0.05) is 26.0 Å². The Balaban J connectivity index is 2.34. The summed E-state index contributed by atoms with van der Waals surface area (Å²) in [6.45, 7) is 8.74. The van der Waals surface area contributed by atoms with Crippen LogP contribution in [0.4, 0.5) is 0 Å². The topological polar surface area (TPSA) is 0 Å². The predicted molar refractivity (Wildman–Crippen MR) is 48.8 cm³/mol. The number of hydrogen-bond donors (Lipinski definition) is 0. The Morgan fingerprint density at radius 2 is 2.09 bits per heavy atom. The largest absolute Gasteiger partial charge is 0.123 e. The predicted octanol–water partition coefficient (Wildman–Crippen LogP) is 3.22. The average Bonchev–Trinajstić information content (AvgIpc) is 2.35. The monoisotopic (exact) mass is 170 g/mol. The van der Waals surface area contributed by atoms with E-state index in [2.05, 4.69) is 20.4 Å². The van der Waals surface area contributed by atoms with Crippen molar-refractivity contribution < 1.29 is 0 Å². The van der Waals surface area contributed by atoms with Crippen LogP contribution in [0.1, 0.15) is 26.7 Å². The highest BCUT2D eigenvalue weighted by Gasteiger charge is 2.52. The lowest BCUT2D eigenvalue weighted by Gasteiger charge is -2.34. The van der Waals surface area contributed by atoms with Crippen LogP contribution in [-0.2, 0) is 0 Å². The minimum absolute atomic E-state index is 0.315. The second kappa shape index (κ2) is 2.04. The van der Waals surface area contributed by atoms with Gasteiger partial charge in [-0.05, 0) is 30.1 Å². The molecule has 0 heterocycles. The van der Waals surface area contributed by atoms with E-state index < -0.39 is 0 Å². The highest BCUT2D eigenvalue weighted by Crippen LogP contribution is 2.59. The van der Waals surface area contributed by atoms with E-state index in [4.69, 9.17) is 11.6 Å². The number of halogens is 1. The van der Waals surface area contributed by atoms with E-state index in [0.29, 0.717) is 16.7 Å². The van der Waals surface area contributed by atoms with E-state index in [1.54, 1.807) is 0 Å². The lowest BCUT2D eigenvalue weighted by molar-refractivity contribution is 0.294. The van der Waals surface area contributed by atoms with Gasteiger partial charge in [-0.2, -0.15) is 0 Å². The third kappa shape index (κ3) is 0.823. The van der Waals surface area contributed by atoms with E-state index >= 15 is 0 Å². The molecule has 0 aromatic rings. The van der Waals surface area contributed by atoms with Gasteiger partial charge >= 0.3 is 0 Å². The van der Waals surface area contributed by atoms with Crippen molar-refractivity contribution >= 4 is 11.6 Å². The third-order valence-electron chi connectivity index (χ3n) is 3.73. The maximum absolute atomic E-state index is 6.22. The zero-order valence-electron chi connectivity index (χ0n) is 7.23. The van der Waals surface area contributed by atoms with Crippen molar-refractivity contribution in [3.63, 3.8) is 0 Å². The van der Waals surface area contributed by atoms with Gasteiger partial charge in [-0.15, -0.1) is 11.6 Å². The Morgan fingerprint density at radius 3 is 2.45 bits per heavy atom. The van der Waals surface area contributed by atoms with Gasteiger partial charge in [0.05, 0.1) is 0 Å². The van der Waals surface area contributed by atoms with Crippen LogP contribution in [0.15, 0.2) is 12.2 Å². The van der Waals surface area contributed by atoms with Gasteiger partial charge in [0.1, 0.15) is 0 Å². The van der Waals surface area contributed by atoms with Crippen molar-refractivity contribution in [2.24, 2.45) is 17.3 Å². The smallest absolute Gasteiger partial charge is 0.0378 e. The fourth-order valence-electron chi connectivity index (χ4n) is 2.78. The number of hydrogen-bond acceptors (Lipinski definition) is 0. The third-order valence-corrected chi connectivity index (χ3v) is 4.21. The maximum Gasteiger partial charge on any atom is 0.0378 e. The molecule has 0 N–H and O–H groups in total. The molecule has 0 amide bonds. The molecule has 62 valence electrons. The number of fused-ring (bicyclic) bond motifs is 2. The summed E-state index contributed by atoms with van der Waals surface area (Å²) in [6.07, 6.45) is 2.47. The molecular formula is C10H15Cl. The Bertz CT molecular complexity index is 205. The van der Waals surface area contributed by atoms with Crippen LogP contribution in [0.5, 0.6) is 0 Å². The molecule has 1 heteroatoms.